The number of nitrogens with two attached hydrogens (primary N) is 2. The molecule has 0 saturated heterocycles. The van der Waals surface area contributed by atoms with E-state index in [1.807, 2.05) is 58.0 Å². The van der Waals surface area contributed by atoms with Crippen LogP contribution < -0.4 is 37.4 Å². The Morgan fingerprint density at radius 2 is 1.70 bits per heavy atom. The number of benzene rings is 2. The van der Waals surface area contributed by atoms with Crippen LogP contribution in [0, 0.1) is 20.8 Å². The van der Waals surface area contributed by atoms with Gasteiger partial charge in [-0.25, -0.2) is 14.6 Å². The van der Waals surface area contributed by atoms with E-state index in [9.17, 15) is 14.4 Å². The number of fused-ring (bicyclic) bond motifs is 3. The molecular formula is C31H38N6O6. The molecule has 3 aromatic rings. The Morgan fingerprint density at radius 1 is 1.00 bits per heavy atom. The predicted molar refractivity (Wildman–Crippen MR) is 162 cm³/mol. The molecule has 43 heavy (non-hydrogen) atoms. The van der Waals surface area contributed by atoms with Crippen LogP contribution in [0.4, 0.5) is 5.69 Å². The number of methoxy groups -OCH3 is 2. The molecule has 1 aliphatic rings. The second-order valence-electron chi connectivity index (χ2n) is 10.3. The van der Waals surface area contributed by atoms with E-state index in [4.69, 9.17) is 25.9 Å². The van der Waals surface area contributed by atoms with Gasteiger partial charge in [-0.05, 0) is 62.9 Å². The van der Waals surface area contributed by atoms with Crippen LogP contribution in [0.2, 0.25) is 0 Å². The van der Waals surface area contributed by atoms with Gasteiger partial charge in [0.1, 0.15) is 16.9 Å². The third-order valence-electron chi connectivity index (χ3n) is 7.29. The molecule has 0 spiro atoms. The minimum atomic E-state index is -0.912. The molecule has 0 bridgehead atoms. The Balaban J connectivity index is 1.84. The summed E-state index contributed by atoms with van der Waals surface area (Å²) >= 11 is 0. The molecule has 0 saturated carbocycles. The highest BCUT2D eigenvalue weighted by Crippen LogP contribution is 2.37. The van der Waals surface area contributed by atoms with Crippen molar-refractivity contribution in [2.45, 2.75) is 47.2 Å². The van der Waals surface area contributed by atoms with Crippen LogP contribution in [0.25, 0.3) is 11.3 Å². The molecule has 12 nitrogen and oxygen atoms in total. The van der Waals surface area contributed by atoms with Gasteiger partial charge in [-0.1, -0.05) is 17.7 Å². The van der Waals surface area contributed by atoms with Gasteiger partial charge >= 0.3 is 11.7 Å². The number of hydrogen-bond donors (Lipinski definition) is 3. The number of amides is 1. The molecular weight excluding hydrogens is 552 g/mol. The zero-order valence-electron chi connectivity index (χ0n) is 25.4. The zero-order chi connectivity index (χ0) is 31.4. The van der Waals surface area contributed by atoms with E-state index in [-0.39, 0.29) is 18.8 Å². The maximum absolute atomic E-state index is 14.0. The van der Waals surface area contributed by atoms with Gasteiger partial charge in [0.25, 0.3) is 5.91 Å². The van der Waals surface area contributed by atoms with Crippen LogP contribution in [0.15, 0.2) is 51.5 Å². The fourth-order valence-corrected chi connectivity index (χ4v) is 5.26. The Kier molecular flexibility index (Phi) is 9.27. The molecule has 5 N–H and O–H groups in total. The van der Waals surface area contributed by atoms with Crippen LogP contribution >= 0.6 is 0 Å². The summed E-state index contributed by atoms with van der Waals surface area (Å²) in [7, 11) is 2.72. The number of carbonyl (C=O) groups excluding carboxylic acids is 2. The summed E-state index contributed by atoms with van der Waals surface area (Å²) in [6.45, 7) is 8.93. The van der Waals surface area contributed by atoms with E-state index >= 15 is 0 Å². The summed E-state index contributed by atoms with van der Waals surface area (Å²) in [4.78, 5) is 43.2. The lowest BCUT2D eigenvalue weighted by molar-refractivity contribution is -0.136. The van der Waals surface area contributed by atoms with Gasteiger partial charge in [-0.15, -0.1) is 0 Å². The van der Waals surface area contributed by atoms with Crippen molar-refractivity contribution in [2.24, 2.45) is 16.5 Å². The van der Waals surface area contributed by atoms with Crippen molar-refractivity contribution in [2.75, 3.05) is 27.4 Å². The molecule has 0 atom stereocenters. The third-order valence-corrected chi connectivity index (χ3v) is 7.29. The molecule has 228 valence electrons. The van der Waals surface area contributed by atoms with Crippen molar-refractivity contribution in [3.8, 4) is 22.8 Å². The van der Waals surface area contributed by atoms with Gasteiger partial charge in [0.05, 0.1) is 32.2 Å². The van der Waals surface area contributed by atoms with E-state index in [1.54, 1.807) is 11.7 Å². The van der Waals surface area contributed by atoms with Gasteiger partial charge in [0.2, 0.25) is 0 Å². The molecule has 4 rings (SSSR count). The zero-order valence-corrected chi connectivity index (χ0v) is 25.4. The molecule has 0 unspecified atom stereocenters. The molecule has 0 aliphatic carbocycles. The van der Waals surface area contributed by atoms with Crippen molar-refractivity contribution >= 4 is 17.6 Å². The van der Waals surface area contributed by atoms with Crippen LogP contribution in [-0.4, -0.2) is 48.4 Å². The minimum absolute atomic E-state index is 0.0176. The van der Waals surface area contributed by atoms with Crippen molar-refractivity contribution in [1.82, 2.24) is 14.5 Å². The number of aromatic nitrogens is 2. The summed E-state index contributed by atoms with van der Waals surface area (Å²) in [5.41, 5.74) is 16.9. The number of nitrogens with zero attached hydrogens (tertiary/aromatic N) is 3. The van der Waals surface area contributed by atoms with Crippen LogP contribution in [-0.2, 0) is 33.8 Å². The number of carbonyl (C=O) groups is 2. The summed E-state index contributed by atoms with van der Waals surface area (Å²) < 4.78 is 19.1. The fraction of sp³-hybridized carbons (Fsp3) is 0.355. The molecule has 2 heterocycles. The highest BCUT2D eigenvalue weighted by Gasteiger charge is 2.23. The number of hydrogen-bond acceptors (Lipinski definition) is 9. The summed E-state index contributed by atoms with van der Waals surface area (Å²) in [5.74, 6) is -0.443. The SMILES string of the molecule is CCOc1cc2c(cc1OC)-c1c/c(=N\c3c(C)cc(C)cc3C)n(CCNC(=O)/C(N)=C(/N)C(=O)OC)c(=O)n1CC2. The second kappa shape index (κ2) is 12.9. The molecule has 1 amide bonds. The summed E-state index contributed by atoms with van der Waals surface area (Å²) in [6.07, 6.45) is 0.615. The third kappa shape index (κ3) is 6.27. The van der Waals surface area contributed by atoms with Crippen molar-refractivity contribution < 1.29 is 23.8 Å². The second-order valence-corrected chi connectivity index (χ2v) is 10.3. The average molecular weight is 591 g/mol. The van der Waals surface area contributed by atoms with Crippen molar-refractivity contribution in [3.05, 3.63) is 80.0 Å². The van der Waals surface area contributed by atoms with Crippen molar-refractivity contribution in [3.63, 3.8) is 0 Å². The van der Waals surface area contributed by atoms with Crippen LogP contribution in [0.1, 0.15) is 29.2 Å². The molecule has 2 aromatic carbocycles. The number of aryl methyl sites for hydroxylation is 4. The van der Waals surface area contributed by atoms with Gasteiger partial charge in [-0.2, -0.15) is 0 Å². The highest BCUT2D eigenvalue weighted by molar-refractivity contribution is 6.01. The summed E-state index contributed by atoms with van der Waals surface area (Å²) in [5, 5.41) is 2.62. The lowest BCUT2D eigenvalue weighted by Crippen LogP contribution is -2.44. The van der Waals surface area contributed by atoms with Crippen LogP contribution in [0.3, 0.4) is 0 Å². The molecule has 1 aromatic heterocycles. The fourth-order valence-electron chi connectivity index (χ4n) is 5.26. The first kappa shape index (κ1) is 30.9. The first-order chi connectivity index (χ1) is 20.5. The first-order valence-electron chi connectivity index (χ1n) is 13.9. The normalized spacial score (nSPS) is 13.0. The minimum Gasteiger partial charge on any atom is -0.493 e. The molecule has 1 aliphatic heterocycles. The van der Waals surface area contributed by atoms with Gasteiger partial charge < -0.3 is 31.0 Å². The Labute approximate surface area is 249 Å². The molecule has 0 radical (unpaired) electrons. The molecule has 0 fully saturated rings. The lowest BCUT2D eigenvalue weighted by atomic mass is 9.97. The first-order valence-corrected chi connectivity index (χ1v) is 13.9. The number of ether oxygens (including phenoxy) is 3. The largest absolute Gasteiger partial charge is 0.493 e. The van der Waals surface area contributed by atoms with E-state index in [1.165, 1.54) is 4.57 Å². The summed E-state index contributed by atoms with van der Waals surface area (Å²) in [6, 6.07) is 9.81. The number of esters is 1. The highest BCUT2D eigenvalue weighted by atomic mass is 16.5. The van der Waals surface area contributed by atoms with Gasteiger partial charge in [-0.3, -0.25) is 13.9 Å². The lowest BCUT2D eigenvalue weighted by Gasteiger charge is -2.25. The van der Waals surface area contributed by atoms with E-state index in [0.29, 0.717) is 42.3 Å². The molecule has 12 heteroatoms. The Hall–Kier alpha value is -5.00. The van der Waals surface area contributed by atoms with E-state index < -0.39 is 23.3 Å². The quantitative estimate of drug-likeness (QED) is 0.251. The number of nitrogens with one attached hydrogen (secondary N) is 1. The topological polar surface area (TPSA) is 165 Å². The van der Waals surface area contributed by atoms with E-state index in [2.05, 4.69) is 10.1 Å². The standard InChI is InChI=1S/C31H38N6O6/c1-7-43-24-14-20-8-10-36-22(21(20)15-23(24)41-5)16-25(35-28-18(3)12-17(2)13-19(28)4)37(31(36)40)11-9-34-29(38)26(32)27(33)30(39)42-6/h12-16H,7-11,32-33H2,1-6H3,(H,34,38)/b27-26-,35-25+. The Morgan fingerprint density at radius 3 is 2.33 bits per heavy atom. The predicted octanol–water partition coefficient (Wildman–Crippen LogP) is 1.86. The smallest absolute Gasteiger partial charge is 0.356 e. The van der Waals surface area contributed by atoms with Gasteiger partial charge in [0.15, 0.2) is 11.5 Å². The van der Waals surface area contributed by atoms with Crippen molar-refractivity contribution in [1.29, 1.82) is 0 Å². The van der Waals surface area contributed by atoms with Gasteiger partial charge in [0, 0.05) is 31.3 Å². The van der Waals surface area contributed by atoms with E-state index in [0.717, 1.165) is 40.6 Å². The maximum Gasteiger partial charge on any atom is 0.356 e. The average Bonchev–Trinajstić information content (AvgIpc) is 2.98. The monoisotopic (exact) mass is 590 g/mol. The maximum atomic E-state index is 14.0. The Bertz CT molecular complexity index is 1730. The van der Waals surface area contributed by atoms with Crippen LogP contribution in [0.5, 0.6) is 11.5 Å². The number of rotatable bonds is 9.